The Kier molecular flexibility index (Phi) is 7.38. The molecule has 0 saturated carbocycles. The van der Waals surface area contributed by atoms with Crippen molar-refractivity contribution in [1.29, 1.82) is 0 Å². The number of methoxy groups -OCH3 is 1. The smallest absolute Gasteiger partial charge is 0.344 e. The molecule has 0 unspecified atom stereocenters. The Balaban J connectivity index is 1.75. The van der Waals surface area contributed by atoms with E-state index in [4.69, 9.17) is 37.7 Å². The second-order valence-electron chi connectivity index (χ2n) is 7.07. The van der Waals surface area contributed by atoms with Crippen LogP contribution in [-0.2, 0) is 17.1 Å². The third kappa shape index (κ3) is 5.41. The van der Waals surface area contributed by atoms with E-state index in [0.717, 1.165) is 5.56 Å². The minimum absolute atomic E-state index is 0.0401. The van der Waals surface area contributed by atoms with Crippen LogP contribution in [0.5, 0.6) is 5.75 Å². The van der Waals surface area contributed by atoms with Crippen LogP contribution < -0.4 is 4.74 Å². The summed E-state index contributed by atoms with van der Waals surface area (Å²) < 4.78 is 24.6. The van der Waals surface area contributed by atoms with Crippen LogP contribution in [0.3, 0.4) is 0 Å². The van der Waals surface area contributed by atoms with Crippen LogP contribution in [-0.4, -0.2) is 18.1 Å². The van der Waals surface area contributed by atoms with Gasteiger partial charge in [0.25, 0.3) is 0 Å². The van der Waals surface area contributed by atoms with Gasteiger partial charge in [-0.2, -0.15) is 0 Å². The Morgan fingerprint density at radius 3 is 2.55 bits per heavy atom. The largest absolute Gasteiger partial charge is 0.487 e. The van der Waals surface area contributed by atoms with Crippen molar-refractivity contribution in [2.75, 3.05) is 7.11 Å². The van der Waals surface area contributed by atoms with Crippen LogP contribution in [0.15, 0.2) is 71.8 Å². The van der Waals surface area contributed by atoms with Crippen LogP contribution in [0.2, 0.25) is 10.0 Å². The minimum atomic E-state index is -0.563. The number of carbonyl (C=O) groups excluding carboxylic acids is 1. The molecule has 4 nitrogen and oxygen atoms in total. The molecule has 0 saturated heterocycles. The van der Waals surface area contributed by atoms with Gasteiger partial charge in [-0.05, 0) is 42.0 Å². The third-order valence-electron chi connectivity index (χ3n) is 4.88. The Labute approximate surface area is 204 Å². The SMILES string of the molecule is COC(=O)c1c(SCc2ccc(Cl)cc2)nc2ccccc2c1OCc1ccc(F)cc1Cl. The summed E-state index contributed by atoms with van der Waals surface area (Å²) in [5, 5.41) is 2.03. The highest BCUT2D eigenvalue weighted by molar-refractivity contribution is 7.98. The number of benzene rings is 3. The molecule has 1 aromatic heterocycles. The fourth-order valence-corrected chi connectivity index (χ4v) is 4.54. The maximum atomic E-state index is 13.4. The number of ether oxygens (including phenoxy) is 2. The zero-order valence-corrected chi connectivity index (χ0v) is 19.8. The van der Waals surface area contributed by atoms with Crippen molar-refractivity contribution in [2.24, 2.45) is 0 Å². The number of para-hydroxylation sites is 1. The van der Waals surface area contributed by atoms with Gasteiger partial charge in [-0.15, -0.1) is 11.8 Å². The molecule has 0 aliphatic rings. The van der Waals surface area contributed by atoms with Gasteiger partial charge in [-0.3, -0.25) is 0 Å². The number of pyridine rings is 1. The fraction of sp³-hybridized carbons (Fsp3) is 0.120. The molecule has 0 atom stereocenters. The van der Waals surface area contributed by atoms with E-state index < -0.39 is 11.8 Å². The van der Waals surface area contributed by atoms with Gasteiger partial charge in [0.2, 0.25) is 0 Å². The first-order valence-corrected chi connectivity index (χ1v) is 11.7. The van der Waals surface area contributed by atoms with Crippen LogP contribution in [0, 0.1) is 5.82 Å². The first-order valence-electron chi connectivity index (χ1n) is 9.91. The molecule has 8 heteroatoms. The molecule has 0 spiro atoms. The molecule has 3 aromatic carbocycles. The summed E-state index contributed by atoms with van der Waals surface area (Å²) in [4.78, 5) is 17.5. The van der Waals surface area contributed by atoms with E-state index in [1.807, 2.05) is 48.5 Å². The van der Waals surface area contributed by atoms with E-state index in [2.05, 4.69) is 0 Å². The maximum Gasteiger partial charge on any atom is 0.344 e. The fourth-order valence-electron chi connectivity index (χ4n) is 3.22. The number of halogens is 3. The normalized spacial score (nSPS) is 10.9. The molecule has 0 N–H and O–H groups in total. The lowest BCUT2D eigenvalue weighted by Crippen LogP contribution is -2.10. The lowest BCUT2D eigenvalue weighted by molar-refractivity contribution is 0.0590. The lowest BCUT2D eigenvalue weighted by Gasteiger charge is -2.17. The minimum Gasteiger partial charge on any atom is -0.487 e. The van der Waals surface area contributed by atoms with Gasteiger partial charge in [0.05, 0.1) is 17.6 Å². The van der Waals surface area contributed by atoms with Gasteiger partial charge in [0.15, 0.2) is 0 Å². The molecule has 1 heterocycles. The summed E-state index contributed by atoms with van der Waals surface area (Å²) in [5.74, 6) is -0.0943. The Morgan fingerprint density at radius 1 is 1.06 bits per heavy atom. The van der Waals surface area contributed by atoms with E-state index >= 15 is 0 Å². The molecule has 0 bridgehead atoms. The van der Waals surface area contributed by atoms with Crippen molar-refractivity contribution in [1.82, 2.24) is 4.98 Å². The highest BCUT2D eigenvalue weighted by atomic mass is 35.5. The number of thioether (sulfide) groups is 1. The summed E-state index contributed by atoms with van der Waals surface area (Å²) in [6, 6.07) is 18.9. The van der Waals surface area contributed by atoms with E-state index in [9.17, 15) is 9.18 Å². The maximum absolute atomic E-state index is 13.4. The second-order valence-corrected chi connectivity index (χ2v) is 8.88. The average molecular weight is 502 g/mol. The molecule has 0 aliphatic heterocycles. The molecule has 0 amide bonds. The highest BCUT2D eigenvalue weighted by Gasteiger charge is 2.24. The Hall–Kier alpha value is -2.80. The van der Waals surface area contributed by atoms with Crippen molar-refractivity contribution < 1.29 is 18.7 Å². The number of esters is 1. The standard InChI is InChI=1S/C25H18Cl2FNO3S/c1-31-25(30)22-23(32-13-16-8-11-18(28)12-20(16)27)19-4-2-3-5-21(19)29-24(22)33-14-15-6-9-17(26)10-7-15/h2-12H,13-14H2,1H3. The van der Waals surface area contributed by atoms with Crippen molar-refractivity contribution in [2.45, 2.75) is 17.4 Å². The number of hydrogen-bond acceptors (Lipinski definition) is 5. The molecule has 0 radical (unpaired) electrons. The third-order valence-corrected chi connectivity index (χ3v) is 6.53. The van der Waals surface area contributed by atoms with Crippen molar-refractivity contribution in [3.05, 3.63) is 99.3 Å². The predicted molar refractivity (Wildman–Crippen MR) is 130 cm³/mol. The number of carbonyl (C=O) groups is 1. The predicted octanol–water partition coefficient (Wildman–Crippen LogP) is 7.34. The van der Waals surface area contributed by atoms with Crippen molar-refractivity contribution in [3.8, 4) is 5.75 Å². The van der Waals surface area contributed by atoms with Gasteiger partial charge in [-0.25, -0.2) is 14.2 Å². The first kappa shape index (κ1) is 23.4. The first-order chi connectivity index (χ1) is 16.0. The quantitative estimate of drug-likeness (QED) is 0.196. The van der Waals surface area contributed by atoms with Gasteiger partial charge in [0.1, 0.15) is 28.8 Å². The van der Waals surface area contributed by atoms with Crippen LogP contribution in [0.1, 0.15) is 21.5 Å². The second kappa shape index (κ2) is 10.4. The number of rotatable bonds is 7. The van der Waals surface area contributed by atoms with Crippen LogP contribution >= 0.6 is 35.0 Å². The van der Waals surface area contributed by atoms with Gasteiger partial charge in [0, 0.05) is 21.7 Å². The monoisotopic (exact) mass is 501 g/mol. The van der Waals surface area contributed by atoms with Crippen LogP contribution in [0.25, 0.3) is 10.9 Å². The van der Waals surface area contributed by atoms with E-state index in [0.29, 0.717) is 38.0 Å². The molecular formula is C25H18Cl2FNO3S. The number of fused-ring (bicyclic) bond motifs is 1. The van der Waals surface area contributed by atoms with E-state index in [-0.39, 0.29) is 17.2 Å². The van der Waals surface area contributed by atoms with Crippen molar-refractivity contribution >= 4 is 51.8 Å². The van der Waals surface area contributed by atoms with Gasteiger partial charge >= 0.3 is 5.97 Å². The molecule has 168 valence electrons. The summed E-state index contributed by atoms with van der Waals surface area (Å²) in [6.45, 7) is 0.0401. The van der Waals surface area contributed by atoms with Gasteiger partial charge in [-0.1, -0.05) is 53.5 Å². The van der Waals surface area contributed by atoms with E-state index in [1.54, 1.807) is 6.07 Å². The molecule has 4 rings (SSSR count). The molecule has 0 aliphatic carbocycles. The number of hydrogen-bond donors (Lipinski definition) is 0. The zero-order chi connectivity index (χ0) is 23.4. The molecule has 33 heavy (non-hydrogen) atoms. The summed E-state index contributed by atoms with van der Waals surface area (Å²) >= 11 is 13.5. The van der Waals surface area contributed by atoms with Crippen LogP contribution in [0.4, 0.5) is 4.39 Å². The van der Waals surface area contributed by atoms with E-state index in [1.165, 1.54) is 31.0 Å². The molecular weight excluding hydrogens is 484 g/mol. The molecule has 0 fully saturated rings. The lowest BCUT2D eigenvalue weighted by atomic mass is 10.1. The van der Waals surface area contributed by atoms with Gasteiger partial charge < -0.3 is 9.47 Å². The highest BCUT2D eigenvalue weighted by Crippen LogP contribution is 2.38. The Morgan fingerprint density at radius 2 is 1.82 bits per heavy atom. The number of nitrogens with zero attached hydrogens (tertiary/aromatic N) is 1. The number of aromatic nitrogens is 1. The summed E-state index contributed by atoms with van der Waals surface area (Å²) in [7, 11) is 1.31. The topological polar surface area (TPSA) is 48.4 Å². The summed E-state index contributed by atoms with van der Waals surface area (Å²) in [5.41, 5.74) is 2.51. The Bertz CT molecular complexity index is 1320. The van der Waals surface area contributed by atoms with Crippen molar-refractivity contribution in [3.63, 3.8) is 0 Å². The molecule has 4 aromatic rings. The summed E-state index contributed by atoms with van der Waals surface area (Å²) in [6.07, 6.45) is 0. The zero-order valence-electron chi connectivity index (χ0n) is 17.5. The average Bonchev–Trinajstić information content (AvgIpc) is 2.82.